The van der Waals surface area contributed by atoms with Crippen molar-refractivity contribution in [1.29, 1.82) is 0 Å². The Morgan fingerprint density at radius 3 is 2.85 bits per heavy atom. The highest BCUT2D eigenvalue weighted by Crippen LogP contribution is 2.31. The Kier molecular flexibility index (Phi) is 4.18. The predicted octanol–water partition coefficient (Wildman–Crippen LogP) is 3.63. The van der Waals surface area contributed by atoms with Crippen molar-refractivity contribution >= 4 is 5.78 Å². The van der Waals surface area contributed by atoms with Gasteiger partial charge in [-0.2, -0.15) is 10.2 Å². The van der Waals surface area contributed by atoms with Crippen molar-refractivity contribution in [2.24, 2.45) is 13.0 Å². The fraction of sp³-hybridized carbons (Fsp3) is 0.350. The molecule has 0 saturated heterocycles. The molecule has 0 N–H and O–H groups in total. The zero-order valence-electron chi connectivity index (χ0n) is 14.9. The number of carbonyl (C=O) groups excluding carboxylic acids is 1. The molecule has 3 aromatic rings. The van der Waals surface area contributed by atoms with Gasteiger partial charge in [0.25, 0.3) is 0 Å². The standard InChI is InChI=1S/C20H21FN4O/c1-13(26)19-8-17(21)5-6-18(19)20-16(12-24(2)23-20)7-15-9-22-25(11-15)10-14-3-4-14/h5-6,8-9,11-12,14H,3-4,7,10H2,1-2H3. The van der Waals surface area contributed by atoms with Crippen molar-refractivity contribution in [3.63, 3.8) is 0 Å². The molecule has 0 aliphatic heterocycles. The van der Waals surface area contributed by atoms with Gasteiger partial charge in [0.15, 0.2) is 5.78 Å². The smallest absolute Gasteiger partial charge is 0.160 e. The molecule has 0 atom stereocenters. The van der Waals surface area contributed by atoms with Crippen LogP contribution in [0.25, 0.3) is 11.3 Å². The molecule has 1 saturated carbocycles. The fourth-order valence-electron chi connectivity index (χ4n) is 3.29. The molecule has 4 rings (SSSR count). The zero-order chi connectivity index (χ0) is 18.3. The number of halogens is 1. The summed E-state index contributed by atoms with van der Waals surface area (Å²) in [4.78, 5) is 12.0. The summed E-state index contributed by atoms with van der Waals surface area (Å²) in [7, 11) is 1.85. The molecule has 0 spiro atoms. The van der Waals surface area contributed by atoms with Crippen LogP contribution in [0.5, 0.6) is 0 Å². The summed E-state index contributed by atoms with van der Waals surface area (Å²) in [5.74, 6) is 0.181. The molecule has 26 heavy (non-hydrogen) atoms. The third-order valence-electron chi connectivity index (χ3n) is 4.74. The van der Waals surface area contributed by atoms with Gasteiger partial charge in [-0.05, 0) is 49.4 Å². The van der Waals surface area contributed by atoms with E-state index in [2.05, 4.69) is 16.4 Å². The van der Waals surface area contributed by atoms with Crippen molar-refractivity contribution < 1.29 is 9.18 Å². The van der Waals surface area contributed by atoms with Gasteiger partial charge in [0.1, 0.15) is 5.82 Å². The van der Waals surface area contributed by atoms with E-state index < -0.39 is 5.82 Å². The summed E-state index contributed by atoms with van der Waals surface area (Å²) < 4.78 is 17.3. The Morgan fingerprint density at radius 1 is 1.31 bits per heavy atom. The minimum Gasteiger partial charge on any atom is -0.294 e. The monoisotopic (exact) mass is 352 g/mol. The van der Waals surface area contributed by atoms with Gasteiger partial charge in [0.05, 0.1) is 11.9 Å². The molecule has 1 aromatic carbocycles. The molecule has 0 radical (unpaired) electrons. The maximum atomic E-state index is 13.6. The molecule has 1 fully saturated rings. The summed E-state index contributed by atoms with van der Waals surface area (Å²) in [6.45, 7) is 2.43. The van der Waals surface area contributed by atoms with Crippen molar-refractivity contribution in [3.8, 4) is 11.3 Å². The molecule has 134 valence electrons. The lowest BCUT2D eigenvalue weighted by Crippen LogP contribution is -2.00. The summed E-state index contributed by atoms with van der Waals surface area (Å²) in [5.41, 5.74) is 3.83. The van der Waals surface area contributed by atoms with E-state index in [0.717, 1.165) is 23.6 Å². The molecule has 0 unspecified atom stereocenters. The molecule has 0 bridgehead atoms. The summed E-state index contributed by atoms with van der Waals surface area (Å²) in [6.07, 6.45) is 9.16. The van der Waals surface area contributed by atoms with Gasteiger partial charge in [0.2, 0.25) is 0 Å². The molecule has 2 heterocycles. The first-order chi connectivity index (χ1) is 12.5. The summed E-state index contributed by atoms with van der Waals surface area (Å²) in [5, 5.41) is 8.97. The number of hydrogen-bond donors (Lipinski definition) is 0. The van der Waals surface area contributed by atoms with Crippen LogP contribution in [0.3, 0.4) is 0 Å². The number of nitrogens with zero attached hydrogens (tertiary/aromatic N) is 4. The molecular formula is C20H21FN4O. The van der Waals surface area contributed by atoms with Gasteiger partial charge in [-0.3, -0.25) is 14.2 Å². The van der Waals surface area contributed by atoms with E-state index in [1.54, 1.807) is 10.7 Å². The van der Waals surface area contributed by atoms with E-state index >= 15 is 0 Å². The Bertz CT molecular complexity index is 968. The number of benzene rings is 1. The average molecular weight is 352 g/mol. The lowest BCUT2D eigenvalue weighted by Gasteiger charge is -2.07. The second kappa shape index (κ2) is 6.52. The Morgan fingerprint density at radius 2 is 2.12 bits per heavy atom. The number of ketones is 1. The van der Waals surface area contributed by atoms with Crippen molar-refractivity contribution in [3.05, 3.63) is 59.3 Å². The number of Topliss-reactive ketones (excluding diaryl/α,β-unsaturated/α-hetero) is 1. The summed E-state index contributed by atoms with van der Waals surface area (Å²) in [6, 6.07) is 4.28. The lowest BCUT2D eigenvalue weighted by molar-refractivity contribution is 0.101. The minimum absolute atomic E-state index is 0.173. The highest BCUT2D eigenvalue weighted by Gasteiger charge is 2.22. The van der Waals surface area contributed by atoms with Crippen LogP contribution < -0.4 is 0 Å². The molecule has 0 amide bonds. The van der Waals surface area contributed by atoms with Gasteiger partial charge in [-0.25, -0.2) is 4.39 Å². The van der Waals surface area contributed by atoms with E-state index in [-0.39, 0.29) is 5.78 Å². The second-order valence-corrected chi connectivity index (χ2v) is 7.11. The lowest BCUT2D eigenvalue weighted by atomic mass is 9.97. The van der Waals surface area contributed by atoms with Gasteiger partial charge in [-0.1, -0.05) is 0 Å². The van der Waals surface area contributed by atoms with Gasteiger partial charge in [0, 0.05) is 49.1 Å². The van der Waals surface area contributed by atoms with Crippen LogP contribution in [0.4, 0.5) is 4.39 Å². The van der Waals surface area contributed by atoms with Crippen molar-refractivity contribution in [1.82, 2.24) is 19.6 Å². The molecule has 6 heteroatoms. The second-order valence-electron chi connectivity index (χ2n) is 7.11. The van der Waals surface area contributed by atoms with Crippen molar-refractivity contribution in [2.45, 2.75) is 32.7 Å². The molecule has 1 aliphatic rings. The first-order valence-corrected chi connectivity index (χ1v) is 8.84. The SMILES string of the molecule is CC(=O)c1cc(F)ccc1-c1nn(C)cc1Cc1cnn(CC2CC2)c1. The maximum Gasteiger partial charge on any atom is 0.160 e. The number of carbonyl (C=O) groups is 1. The first-order valence-electron chi connectivity index (χ1n) is 8.84. The van der Waals surface area contributed by atoms with Crippen LogP contribution >= 0.6 is 0 Å². The summed E-state index contributed by atoms with van der Waals surface area (Å²) >= 11 is 0. The molecule has 2 aromatic heterocycles. The highest BCUT2D eigenvalue weighted by atomic mass is 19.1. The zero-order valence-corrected chi connectivity index (χ0v) is 14.9. The third-order valence-corrected chi connectivity index (χ3v) is 4.74. The predicted molar refractivity (Wildman–Crippen MR) is 96.4 cm³/mol. The average Bonchev–Trinajstić information content (AvgIpc) is 3.18. The van der Waals surface area contributed by atoms with Crippen LogP contribution in [0.1, 0.15) is 41.3 Å². The topological polar surface area (TPSA) is 52.7 Å². The van der Waals surface area contributed by atoms with Crippen LogP contribution in [-0.2, 0) is 20.0 Å². The number of hydrogen-bond acceptors (Lipinski definition) is 3. The van der Waals surface area contributed by atoms with Gasteiger partial charge in [-0.15, -0.1) is 0 Å². The van der Waals surface area contributed by atoms with Crippen LogP contribution in [0, 0.1) is 11.7 Å². The number of aromatic nitrogens is 4. The maximum absolute atomic E-state index is 13.6. The van der Waals surface area contributed by atoms with Crippen LogP contribution in [0.15, 0.2) is 36.8 Å². The first kappa shape index (κ1) is 16.7. The molecular weight excluding hydrogens is 331 g/mol. The Hall–Kier alpha value is -2.76. The van der Waals surface area contributed by atoms with E-state index in [9.17, 15) is 9.18 Å². The van der Waals surface area contributed by atoms with Crippen molar-refractivity contribution in [2.75, 3.05) is 0 Å². The Balaban J connectivity index is 1.67. The largest absolute Gasteiger partial charge is 0.294 e. The highest BCUT2D eigenvalue weighted by molar-refractivity contribution is 6.00. The van der Waals surface area contributed by atoms with E-state index in [1.807, 2.05) is 24.1 Å². The molecule has 5 nitrogen and oxygen atoms in total. The molecule has 1 aliphatic carbocycles. The minimum atomic E-state index is -0.419. The number of rotatable bonds is 6. The van der Waals surface area contributed by atoms with Gasteiger partial charge >= 0.3 is 0 Å². The normalized spacial score (nSPS) is 14.0. The van der Waals surface area contributed by atoms with E-state index in [4.69, 9.17) is 0 Å². The Labute approximate surface area is 151 Å². The number of aryl methyl sites for hydroxylation is 1. The van der Waals surface area contributed by atoms with Gasteiger partial charge < -0.3 is 0 Å². The van der Waals surface area contributed by atoms with E-state index in [0.29, 0.717) is 23.2 Å². The fourth-order valence-corrected chi connectivity index (χ4v) is 3.29. The van der Waals surface area contributed by atoms with E-state index in [1.165, 1.54) is 31.9 Å². The van der Waals surface area contributed by atoms with Crippen LogP contribution in [0.2, 0.25) is 0 Å². The van der Waals surface area contributed by atoms with Crippen LogP contribution in [-0.4, -0.2) is 25.3 Å². The quantitative estimate of drug-likeness (QED) is 0.637. The third kappa shape index (κ3) is 3.45.